The zero-order chi connectivity index (χ0) is 18.0. The Morgan fingerprint density at radius 1 is 1.16 bits per heavy atom. The summed E-state index contributed by atoms with van der Waals surface area (Å²) in [7, 11) is 5.74. The molecule has 2 N–H and O–H groups in total. The van der Waals surface area contributed by atoms with E-state index in [9.17, 15) is 4.79 Å². The Morgan fingerprint density at radius 3 is 2.48 bits per heavy atom. The van der Waals surface area contributed by atoms with Gasteiger partial charge < -0.3 is 20.2 Å². The van der Waals surface area contributed by atoms with Crippen molar-refractivity contribution in [3.05, 3.63) is 30.3 Å². The first-order valence-corrected chi connectivity index (χ1v) is 8.75. The number of benzene rings is 1. The van der Waals surface area contributed by atoms with Gasteiger partial charge in [0.1, 0.15) is 5.82 Å². The SMILES string of the molecule is CN(C)c1cc(NC2CCC(N(C)C(=O)O)CC2)nc2ccccc12. The molecule has 1 aromatic heterocycles. The van der Waals surface area contributed by atoms with Gasteiger partial charge in [0.15, 0.2) is 0 Å². The van der Waals surface area contributed by atoms with E-state index in [2.05, 4.69) is 22.3 Å². The molecule has 0 atom stereocenters. The van der Waals surface area contributed by atoms with Crippen molar-refractivity contribution in [1.29, 1.82) is 0 Å². The van der Waals surface area contributed by atoms with Crippen LogP contribution in [-0.2, 0) is 0 Å². The molecule has 0 unspecified atom stereocenters. The van der Waals surface area contributed by atoms with Crippen molar-refractivity contribution in [3.63, 3.8) is 0 Å². The molecule has 1 aromatic carbocycles. The molecule has 3 rings (SSSR count). The molecule has 0 bridgehead atoms. The fourth-order valence-corrected chi connectivity index (χ4v) is 3.57. The van der Waals surface area contributed by atoms with E-state index in [0.29, 0.717) is 6.04 Å². The zero-order valence-corrected chi connectivity index (χ0v) is 15.1. The summed E-state index contributed by atoms with van der Waals surface area (Å²) >= 11 is 0. The Balaban J connectivity index is 1.73. The molecule has 0 aliphatic heterocycles. The van der Waals surface area contributed by atoms with Crippen molar-refractivity contribution in [2.24, 2.45) is 0 Å². The molecule has 2 aromatic rings. The highest BCUT2D eigenvalue weighted by atomic mass is 16.4. The molecule has 1 saturated carbocycles. The highest BCUT2D eigenvalue weighted by Gasteiger charge is 2.26. The third kappa shape index (κ3) is 3.78. The first-order chi connectivity index (χ1) is 12.0. The van der Waals surface area contributed by atoms with Gasteiger partial charge in [-0.1, -0.05) is 18.2 Å². The smallest absolute Gasteiger partial charge is 0.407 e. The van der Waals surface area contributed by atoms with Gasteiger partial charge in [-0.05, 0) is 31.7 Å². The lowest BCUT2D eigenvalue weighted by Gasteiger charge is -2.33. The Hall–Kier alpha value is -2.50. The summed E-state index contributed by atoms with van der Waals surface area (Å²) in [4.78, 5) is 19.4. The number of pyridine rings is 1. The van der Waals surface area contributed by atoms with E-state index < -0.39 is 6.09 Å². The molecule has 134 valence electrons. The number of hydrogen-bond donors (Lipinski definition) is 2. The first-order valence-electron chi connectivity index (χ1n) is 8.75. The molecule has 0 saturated heterocycles. The normalized spacial score (nSPS) is 20.3. The fourth-order valence-electron chi connectivity index (χ4n) is 3.57. The number of aromatic nitrogens is 1. The number of fused-ring (bicyclic) bond motifs is 1. The molecule has 1 aliphatic carbocycles. The van der Waals surface area contributed by atoms with Crippen LogP contribution in [0, 0.1) is 0 Å². The number of amides is 1. The standard InChI is InChI=1S/C19H26N4O2/c1-22(2)17-12-18(21-16-7-5-4-6-15(16)17)20-13-8-10-14(11-9-13)23(3)19(24)25/h4-7,12-14H,8-11H2,1-3H3,(H,20,21)(H,24,25). The largest absolute Gasteiger partial charge is 0.465 e. The van der Waals surface area contributed by atoms with Crippen molar-refractivity contribution in [3.8, 4) is 0 Å². The number of carbonyl (C=O) groups is 1. The number of hydrogen-bond acceptors (Lipinski definition) is 4. The molecule has 1 aliphatic rings. The minimum atomic E-state index is -0.844. The quantitative estimate of drug-likeness (QED) is 0.888. The van der Waals surface area contributed by atoms with Gasteiger partial charge in [-0.2, -0.15) is 0 Å². The third-order valence-corrected chi connectivity index (χ3v) is 5.07. The van der Waals surface area contributed by atoms with Gasteiger partial charge in [0, 0.05) is 50.4 Å². The van der Waals surface area contributed by atoms with E-state index >= 15 is 0 Å². The van der Waals surface area contributed by atoms with Crippen molar-refractivity contribution >= 4 is 28.5 Å². The Bertz CT molecular complexity index is 754. The van der Waals surface area contributed by atoms with Crippen LogP contribution >= 0.6 is 0 Å². The average molecular weight is 342 g/mol. The van der Waals surface area contributed by atoms with Gasteiger partial charge >= 0.3 is 6.09 Å². The first kappa shape index (κ1) is 17.3. The van der Waals surface area contributed by atoms with Crippen molar-refractivity contribution < 1.29 is 9.90 Å². The summed E-state index contributed by atoms with van der Waals surface area (Å²) in [6, 6.07) is 10.7. The van der Waals surface area contributed by atoms with Crippen molar-refractivity contribution in [2.45, 2.75) is 37.8 Å². The summed E-state index contributed by atoms with van der Waals surface area (Å²) in [5, 5.41) is 13.8. The second-order valence-corrected chi connectivity index (χ2v) is 6.98. The summed E-state index contributed by atoms with van der Waals surface area (Å²) in [5.74, 6) is 0.887. The molecule has 0 spiro atoms. The number of anilines is 2. The Kier molecular flexibility index (Phi) is 4.97. The maximum absolute atomic E-state index is 11.1. The van der Waals surface area contributed by atoms with Crippen LogP contribution in [0.2, 0.25) is 0 Å². The highest BCUT2D eigenvalue weighted by molar-refractivity contribution is 5.93. The molecule has 1 amide bonds. The topological polar surface area (TPSA) is 68.7 Å². The maximum Gasteiger partial charge on any atom is 0.407 e. The van der Waals surface area contributed by atoms with E-state index in [1.54, 1.807) is 7.05 Å². The molecule has 1 heterocycles. The summed E-state index contributed by atoms with van der Waals surface area (Å²) in [5.41, 5.74) is 2.13. The van der Waals surface area contributed by atoms with Crippen LogP contribution in [0.4, 0.5) is 16.3 Å². The van der Waals surface area contributed by atoms with Gasteiger partial charge in [0.05, 0.1) is 5.52 Å². The fraction of sp³-hybridized carbons (Fsp3) is 0.474. The monoisotopic (exact) mass is 342 g/mol. The number of rotatable bonds is 4. The van der Waals surface area contributed by atoms with E-state index in [-0.39, 0.29) is 6.04 Å². The maximum atomic E-state index is 11.1. The van der Waals surface area contributed by atoms with E-state index in [0.717, 1.165) is 48.1 Å². The minimum absolute atomic E-state index is 0.123. The van der Waals surface area contributed by atoms with Gasteiger partial charge in [-0.25, -0.2) is 9.78 Å². The van der Waals surface area contributed by atoms with E-state index in [1.807, 2.05) is 32.3 Å². The lowest BCUT2D eigenvalue weighted by molar-refractivity contribution is 0.125. The second kappa shape index (κ2) is 7.17. The lowest BCUT2D eigenvalue weighted by atomic mass is 9.90. The molecule has 6 nitrogen and oxygen atoms in total. The van der Waals surface area contributed by atoms with Crippen LogP contribution in [0.25, 0.3) is 10.9 Å². The molecular formula is C19H26N4O2. The van der Waals surface area contributed by atoms with Crippen LogP contribution in [0.5, 0.6) is 0 Å². The van der Waals surface area contributed by atoms with Crippen LogP contribution < -0.4 is 10.2 Å². The zero-order valence-electron chi connectivity index (χ0n) is 15.1. The van der Waals surface area contributed by atoms with Crippen LogP contribution in [-0.4, -0.2) is 54.3 Å². The van der Waals surface area contributed by atoms with Gasteiger partial charge in [-0.15, -0.1) is 0 Å². The van der Waals surface area contributed by atoms with Crippen molar-refractivity contribution in [1.82, 2.24) is 9.88 Å². The van der Waals surface area contributed by atoms with Crippen LogP contribution in [0.3, 0.4) is 0 Å². The number of nitrogens with zero attached hydrogens (tertiary/aromatic N) is 3. The predicted octanol–water partition coefficient (Wildman–Crippen LogP) is 3.63. The van der Waals surface area contributed by atoms with Gasteiger partial charge in [0.25, 0.3) is 0 Å². The number of para-hydroxylation sites is 1. The minimum Gasteiger partial charge on any atom is -0.465 e. The third-order valence-electron chi connectivity index (χ3n) is 5.07. The van der Waals surface area contributed by atoms with Crippen LogP contribution in [0.1, 0.15) is 25.7 Å². The Labute approximate surface area is 148 Å². The summed E-state index contributed by atoms with van der Waals surface area (Å²) in [6.07, 6.45) is 2.83. The van der Waals surface area contributed by atoms with Gasteiger partial charge in [0.2, 0.25) is 0 Å². The second-order valence-electron chi connectivity index (χ2n) is 6.98. The molecule has 1 fully saturated rings. The number of carboxylic acid groups (broad SMARTS) is 1. The molecule has 6 heteroatoms. The average Bonchev–Trinajstić information content (AvgIpc) is 2.61. The molecule has 25 heavy (non-hydrogen) atoms. The highest BCUT2D eigenvalue weighted by Crippen LogP contribution is 2.29. The van der Waals surface area contributed by atoms with Gasteiger partial charge in [-0.3, -0.25) is 0 Å². The summed E-state index contributed by atoms with van der Waals surface area (Å²) in [6.45, 7) is 0. The van der Waals surface area contributed by atoms with Crippen molar-refractivity contribution in [2.75, 3.05) is 31.4 Å². The Morgan fingerprint density at radius 2 is 1.84 bits per heavy atom. The molecule has 0 radical (unpaired) electrons. The van der Waals surface area contributed by atoms with E-state index in [1.165, 1.54) is 4.90 Å². The lowest BCUT2D eigenvalue weighted by Crippen LogP contribution is -2.40. The van der Waals surface area contributed by atoms with Crippen LogP contribution in [0.15, 0.2) is 30.3 Å². The molecular weight excluding hydrogens is 316 g/mol. The number of nitrogens with one attached hydrogen (secondary N) is 1. The summed E-state index contributed by atoms with van der Waals surface area (Å²) < 4.78 is 0. The predicted molar refractivity (Wildman–Crippen MR) is 102 cm³/mol. The van der Waals surface area contributed by atoms with E-state index in [4.69, 9.17) is 10.1 Å².